The van der Waals surface area contributed by atoms with Gasteiger partial charge in [0.2, 0.25) is 0 Å². The molecule has 5 heteroatoms. The van der Waals surface area contributed by atoms with Crippen LogP contribution in [0.5, 0.6) is 0 Å². The zero-order valence-corrected chi connectivity index (χ0v) is 13.9. The number of nitrogens with one attached hydrogen (secondary N) is 2. The maximum atomic E-state index is 12.2. The molecule has 122 valence electrons. The number of carbonyl (C=O) groups excluding carboxylic acids is 1. The van der Waals surface area contributed by atoms with E-state index in [1.165, 1.54) is 24.1 Å². The summed E-state index contributed by atoms with van der Waals surface area (Å²) in [4.78, 5) is 13.6. The minimum absolute atomic E-state index is 0.00526. The first-order chi connectivity index (χ1) is 10.8. The summed E-state index contributed by atoms with van der Waals surface area (Å²) in [5, 5.41) is 8.39. The molecule has 2 fully saturated rings. The smallest absolute Gasteiger partial charge is 0.315 e. The summed E-state index contributed by atoms with van der Waals surface area (Å²) >= 11 is 1.79. The Hall–Kier alpha value is -1.07. The number of hydrogen-bond donors (Lipinski definition) is 2. The molecule has 2 amide bonds. The van der Waals surface area contributed by atoms with Gasteiger partial charge in [-0.2, -0.15) is 0 Å². The molecule has 1 saturated heterocycles. The van der Waals surface area contributed by atoms with Crippen molar-refractivity contribution in [1.82, 2.24) is 10.6 Å². The van der Waals surface area contributed by atoms with Gasteiger partial charge in [-0.3, -0.25) is 0 Å². The molecule has 1 aliphatic heterocycles. The van der Waals surface area contributed by atoms with Gasteiger partial charge in [-0.05, 0) is 37.1 Å². The highest BCUT2D eigenvalue weighted by molar-refractivity contribution is 7.10. The molecule has 3 rings (SSSR count). The second-order valence-electron chi connectivity index (χ2n) is 6.53. The molecule has 1 aliphatic carbocycles. The van der Waals surface area contributed by atoms with E-state index < -0.39 is 0 Å². The number of ether oxygens (including phenoxy) is 1. The lowest BCUT2D eigenvalue weighted by molar-refractivity contribution is 0.0518. The summed E-state index contributed by atoms with van der Waals surface area (Å²) in [5.74, 6) is 0. The fourth-order valence-corrected chi connectivity index (χ4v) is 4.57. The molecule has 4 nitrogen and oxygen atoms in total. The molecule has 2 heterocycles. The van der Waals surface area contributed by atoms with Crippen LogP contribution in [0.4, 0.5) is 4.79 Å². The lowest BCUT2D eigenvalue weighted by Crippen LogP contribution is -2.49. The van der Waals surface area contributed by atoms with Gasteiger partial charge in [-0.1, -0.05) is 25.3 Å². The van der Waals surface area contributed by atoms with E-state index in [0.29, 0.717) is 12.6 Å². The molecule has 0 radical (unpaired) electrons. The highest BCUT2D eigenvalue weighted by atomic mass is 32.1. The van der Waals surface area contributed by atoms with Gasteiger partial charge in [-0.25, -0.2) is 4.79 Å². The molecular weight excluding hydrogens is 296 g/mol. The number of carbonyl (C=O) groups is 1. The van der Waals surface area contributed by atoms with Crippen LogP contribution in [0.25, 0.3) is 0 Å². The van der Waals surface area contributed by atoms with Gasteiger partial charge in [0, 0.05) is 36.1 Å². The average Bonchev–Trinajstić information content (AvgIpc) is 3.10. The van der Waals surface area contributed by atoms with Crippen molar-refractivity contribution in [1.29, 1.82) is 0 Å². The zero-order chi connectivity index (χ0) is 15.3. The van der Waals surface area contributed by atoms with Crippen molar-refractivity contribution < 1.29 is 9.53 Å². The summed E-state index contributed by atoms with van der Waals surface area (Å²) in [7, 11) is 0. The van der Waals surface area contributed by atoms with E-state index >= 15 is 0 Å². The third-order valence-electron chi connectivity index (χ3n) is 5.02. The van der Waals surface area contributed by atoms with Gasteiger partial charge in [0.1, 0.15) is 0 Å². The first-order valence-electron chi connectivity index (χ1n) is 8.45. The molecule has 0 bridgehead atoms. The van der Waals surface area contributed by atoms with Crippen molar-refractivity contribution in [2.75, 3.05) is 19.8 Å². The Morgan fingerprint density at radius 2 is 2.05 bits per heavy atom. The van der Waals surface area contributed by atoms with Crippen LogP contribution in [-0.2, 0) is 10.2 Å². The number of amides is 2. The van der Waals surface area contributed by atoms with Gasteiger partial charge in [0.15, 0.2) is 0 Å². The second kappa shape index (κ2) is 7.47. The SMILES string of the molecule is O=C(NCC1(c2cccs2)CCOCC1)NC1CCCCC1. The Bertz CT molecular complexity index is 463. The van der Waals surface area contributed by atoms with Crippen LogP contribution < -0.4 is 10.6 Å². The standard InChI is InChI=1S/C17H26N2O2S/c20-16(19-14-5-2-1-3-6-14)18-13-17(8-10-21-11-9-17)15-7-4-12-22-15/h4,7,12,14H,1-3,5-6,8-11,13H2,(H2,18,19,20). The van der Waals surface area contributed by atoms with Crippen LogP contribution >= 0.6 is 11.3 Å². The van der Waals surface area contributed by atoms with E-state index in [9.17, 15) is 4.79 Å². The lowest BCUT2D eigenvalue weighted by Gasteiger charge is -2.36. The Morgan fingerprint density at radius 1 is 1.27 bits per heavy atom. The largest absolute Gasteiger partial charge is 0.381 e. The molecule has 0 unspecified atom stereocenters. The Balaban J connectivity index is 1.56. The maximum absolute atomic E-state index is 12.2. The van der Waals surface area contributed by atoms with Crippen molar-refractivity contribution in [3.05, 3.63) is 22.4 Å². The number of thiophene rings is 1. The minimum Gasteiger partial charge on any atom is -0.381 e. The number of urea groups is 1. The van der Waals surface area contributed by atoms with Gasteiger partial charge >= 0.3 is 6.03 Å². The van der Waals surface area contributed by atoms with Crippen LogP contribution in [0.1, 0.15) is 49.8 Å². The number of rotatable bonds is 4. The van der Waals surface area contributed by atoms with Gasteiger partial charge in [0.05, 0.1) is 0 Å². The molecule has 0 spiro atoms. The van der Waals surface area contributed by atoms with Crippen molar-refractivity contribution >= 4 is 17.4 Å². The quantitative estimate of drug-likeness (QED) is 0.892. The minimum atomic E-state index is -0.00526. The lowest BCUT2D eigenvalue weighted by atomic mass is 9.78. The van der Waals surface area contributed by atoms with E-state index in [4.69, 9.17) is 4.74 Å². The Labute approximate surface area is 136 Å². The fourth-order valence-electron chi connectivity index (χ4n) is 3.59. The van der Waals surface area contributed by atoms with Crippen LogP contribution in [0.3, 0.4) is 0 Å². The van der Waals surface area contributed by atoms with E-state index in [2.05, 4.69) is 28.1 Å². The summed E-state index contributed by atoms with van der Waals surface area (Å²) < 4.78 is 5.53. The van der Waals surface area contributed by atoms with Crippen molar-refractivity contribution in [3.63, 3.8) is 0 Å². The van der Waals surface area contributed by atoms with Gasteiger partial charge < -0.3 is 15.4 Å². The summed E-state index contributed by atoms with van der Waals surface area (Å²) in [6, 6.07) is 4.64. The molecule has 2 aliphatic rings. The summed E-state index contributed by atoms with van der Waals surface area (Å²) in [6.07, 6.45) is 7.99. The van der Waals surface area contributed by atoms with Crippen molar-refractivity contribution in [2.24, 2.45) is 0 Å². The normalized spacial score (nSPS) is 22.2. The average molecular weight is 322 g/mol. The summed E-state index contributed by atoms with van der Waals surface area (Å²) in [5.41, 5.74) is 0.0519. The monoisotopic (exact) mass is 322 g/mol. The van der Waals surface area contributed by atoms with Gasteiger partial charge in [-0.15, -0.1) is 11.3 Å². The zero-order valence-electron chi connectivity index (χ0n) is 13.1. The van der Waals surface area contributed by atoms with E-state index in [0.717, 1.165) is 38.9 Å². The van der Waals surface area contributed by atoms with Crippen molar-refractivity contribution in [2.45, 2.75) is 56.4 Å². The summed E-state index contributed by atoms with van der Waals surface area (Å²) in [6.45, 7) is 2.27. The van der Waals surface area contributed by atoms with Crippen molar-refractivity contribution in [3.8, 4) is 0 Å². The first kappa shape index (κ1) is 15.8. The second-order valence-corrected chi connectivity index (χ2v) is 7.48. The van der Waals surface area contributed by atoms with Crippen LogP contribution in [0.2, 0.25) is 0 Å². The van der Waals surface area contributed by atoms with Crippen LogP contribution in [0, 0.1) is 0 Å². The predicted octanol–water partition coefficient (Wildman–Crippen LogP) is 3.43. The number of hydrogen-bond acceptors (Lipinski definition) is 3. The molecule has 1 saturated carbocycles. The molecule has 0 aromatic carbocycles. The van der Waals surface area contributed by atoms with Crippen LogP contribution in [0.15, 0.2) is 17.5 Å². The van der Waals surface area contributed by atoms with Gasteiger partial charge in [0.25, 0.3) is 0 Å². The Kier molecular flexibility index (Phi) is 5.37. The molecular formula is C17H26N2O2S. The highest BCUT2D eigenvalue weighted by Gasteiger charge is 2.35. The molecule has 22 heavy (non-hydrogen) atoms. The third-order valence-corrected chi connectivity index (χ3v) is 6.14. The van der Waals surface area contributed by atoms with E-state index in [1.807, 2.05) is 0 Å². The molecule has 1 aromatic rings. The first-order valence-corrected chi connectivity index (χ1v) is 9.33. The topological polar surface area (TPSA) is 50.4 Å². The van der Waals surface area contributed by atoms with E-state index in [1.54, 1.807) is 11.3 Å². The molecule has 2 N–H and O–H groups in total. The van der Waals surface area contributed by atoms with Crippen LogP contribution in [-0.4, -0.2) is 31.8 Å². The predicted molar refractivity (Wildman–Crippen MR) is 89.5 cm³/mol. The molecule has 0 atom stereocenters. The van der Waals surface area contributed by atoms with E-state index in [-0.39, 0.29) is 11.4 Å². The maximum Gasteiger partial charge on any atom is 0.315 e. The fraction of sp³-hybridized carbons (Fsp3) is 0.706. The Morgan fingerprint density at radius 3 is 2.73 bits per heavy atom. The molecule has 1 aromatic heterocycles. The third kappa shape index (κ3) is 3.82. The highest BCUT2D eigenvalue weighted by Crippen LogP contribution is 2.36.